The van der Waals surface area contributed by atoms with Gasteiger partial charge in [0.05, 0.1) is 16.6 Å². The van der Waals surface area contributed by atoms with Crippen LogP contribution >= 0.6 is 11.6 Å². The predicted octanol–water partition coefficient (Wildman–Crippen LogP) is 4.48. The third-order valence-electron chi connectivity index (χ3n) is 4.28. The number of amides is 1. The summed E-state index contributed by atoms with van der Waals surface area (Å²) in [5.41, 5.74) is 0.688. The Morgan fingerprint density at radius 3 is 2.62 bits per heavy atom. The van der Waals surface area contributed by atoms with Crippen molar-refractivity contribution in [2.45, 2.75) is 19.9 Å². The van der Waals surface area contributed by atoms with Gasteiger partial charge in [0.2, 0.25) is 0 Å². The van der Waals surface area contributed by atoms with Crippen LogP contribution in [0.25, 0.3) is 11.3 Å². The summed E-state index contributed by atoms with van der Waals surface area (Å²) in [6.45, 7) is 2.79. The molecule has 8 heteroatoms. The van der Waals surface area contributed by atoms with Gasteiger partial charge in [-0.2, -0.15) is 0 Å². The van der Waals surface area contributed by atoms with E-state index in [-0.39, 0.29) is 33.6 Å². The molecule has 1 atom stereocenters. The summed E-state index contributed by atoms with van der Waals surface area (Å²) in [6, 6.07) is 13.2. The molecule has 150 valence electrons. The van der Waals surface area contributed by atoms with Gasteiger partial charge in [-0.3, -0.25) is 4.79 Å². The van der Waals surface area contributed by atoms with Crippen molar-refractivity contribution in [2.75, 3.05) is 6.61 Å². The van der Waals surface area contributed by atoms with Crippen molar-refractivity contribution in [3.63, 3.8) is 0 Å². The van der Waals surface area contributed by atoms with Crippen LogP contribution in [0.15, 0.2) is 53.1 Å². The van der Waals surface area contributed by atoms with Crippen molar-refractivity contribution in [3.8, 4) is 11.3 Å². The Kier molecular flexibility index (Phi) is 6.29. The smallest absolute Gasteiger partial charge is 0.344 e. The molecule has 0 unspecified atom stereocenters. The Hall–Kier alpha value is -3.19. The minimum absolute atomic E-state index is 0.0693. The number of ether oxygens (including phenoxy) is 1. The summed E-state index contributed by atoms with van der Waals surface area (Å²) in [7, 11) is 0. The van der Waals surface area contributed by atoms with Crippen LogP contribution in [-0.4, -0.2) is 23.6 Å². The largest absolute Gasteiger partial charge is 0.452 e. The number of aryl methyl sites for hydroxylation is 1. The molecule has 0 spiro atoms. The fourth-order valence-electron chi connectivity index (χ4n) is 2.82. The molecule has 1 N–H and O–H groups in total. The number of rotatable bonds is 6. The van der Waals surface area contributed by atoms with Crippen LogP contribution < -0.4 is 5.32 Å². The van der Waals surface area contributed by atoms with Crippen LogP contribution in [-0.2, 0) is 9.53 Å². The first-order valence-electron chi connectivity index (χ1n) is 8.80. The van der Waals surface area contributed by atoms with E-state index in [0.29, 0.717) is 0 Å². The van der Waals surface area contributed by atoms with Gasteiger partial charge in [0.25, 0.3) is 5.91 Å². The second-order valence-electron chi connectivity index (χ2n) is 6.34. The lowest BCUT2D eigenvalue weighted by molar-refractivity contribution is -0.124. The van der Waals surface area contributed by atoms with E-state index in [1.165, 1.54) is 25.1 Å². The zero-order valence-corrected chi connectivity index (χ0v) is 16.5. The number of benzene rings is 2. The number of aromatic nitrogens is 1. The molecule has 0 aliphatic heterocycles. The summed E-state index contributed by atoms with van der Waals surface area (Å²) in [4.78, 5) is 24.7. The molecule has 0 radical (unpaired) electrons. The normalized spacial score (nSPS) is 11.7. The van der Waals surface area contributed by atoms with Gasteiger partial charge in [-0.05, 0) is 31.5 Å². The minimum Gasteiger partial charge on any atom is -0.452 e. The Bertz CT molecular complexity index is 1020. The van der Waals surface area contributed by atoms with Crippen molar-refractivity contribution in [1.29, 1.82) is 0 Å². The van der Waals surface area contributed by atoms with Gasteiger partial charge in [-0.1, -0.05) is 53.2 Å². The standard InChI is InChI=1S/C21H18ClFN2O4/c1-12(14-7-4-3-5-8-14)24-17(26)11-28-21(27)18-13(2)29-25-20(18)19-15(22)9-6-10-16(19)23/h3-10,12H,11H2,1-2H3,(H,24,26)/t12-/m0/s1. The van der Waals surface area contributed by atoms with Gasteiger partial charge in [0, 0.05) is 0 Å². The number of nitrogens with zero attached hydrogens (tertiary/aromatic N) is 1. The summed E-state index contributed by atoms with van der Waals surface area (Å²) in [6.07, 6.45) is 0. The molecule has 0 saturated carbocycles. The number of nitrogens with one attached hydrogen (secondary N) is 1. The molecular weight excluding hydrogens is 399 g/mol. The van der Waals surface area contributed by atoms with Crippen molar-refractivity contribution in [1.82, 2.24) is 10.5 Å². The van der Waals surface area contributed by atoms with Crippen LogP contribution in [0.4, 0.5) is 4.39 Å². The van der Waals surface area contributed by atoms with Crippen LogP contribution in [0, 0.1) is 12.7 Å². The Morgan fingerprint density at radius 2 is 1.93 bits per heavy atom. The van der Waals surface area contributed by atoms with E-state index in [0.717, 1.165) is 5.56 Å². The second kappa shape index (κ2) is 8.87. The highest BCUT2D eigenvalue weighted by atomic mass is 35.5. The van der Waals surface area contributed by atoms with Gasteiger partial charge in [-0.25, -0.2) is 9.18 Å². The summed E-state index contributed by atoms with van der Waals surface area (Å²) >= 11 is 6.06. The molecule has 1 amide bonds. The maximum atomic E-state index is 14.2. The average molecular weight is 417 g/mol. The number of carbonyl (C=O) groups is 2. The van der Waals surface area contributed by atoms with Crippen molar-refractivity contribution in [2.24, 2.45) is 0 Å². The average Bonchev–Trinajstić information content (AvgIpc) is 3.08. The van der Waals surface area contributed by atoms with Gasteiger partial charge in [0.15, 0.2) is 6.61 Å². The number of esters is 1. The van der Waals surface area contributed by atoms with Gasteiger partial charge in [-0.15, -0.1) is 0 Å². The maximum Gasteiger partial charge on any atom is 0.344 e. The maximum absolute atomic E-state index is 14.2. The fraction of sp³-hybridized carbons (Fsp3) is 0.190. The zero-order valence-electron chi connectivity index (χ0n) is 15.7. The number of hydrogen-bond donors (Lipinski definition) is 1. The Labute approximate surface area is 171 Å². The van der Waals surface area contributed by atoms with Crippen LogP contribution in [0.3, 0.4) is 0 Å². The van der Waals surface area contributed by atoms with Crippen LogP contribution in [0.5, 0.6) is 0 Å². The Morgan fingerprint density at radius 1 is 1.21 bits per heavy atom. The predicted molar refractivity (Wildman–Crippen MR) is 105 cm³/mol. The van der Waals surface area contributed by atoms with E-state index < -0.39 is 24.3 Å². The monoisotopic (exact) mass is 416 g/mol. The molecule has 0 saturated heterocycles. The third kappa shape index (κ3) is 4.63. The van der Waals surface area contributed by atoms with Crippen LogP contribution in [0.1, 0.15) is 34.6 Å². The second-order valence-corrected chi connectivity index (χ2v) is 6.74. The highest BCUT2D eigenvalue weighted by Gasteiger charge is 2.27. The van der Waals surface area contributed by atoms with Gasteiger partial charge in [0.1, 0.15) is 22.8 Å². The molecule has 0 fully saturated rings. The molecular formula is C21H18ClFN2O4. The number of carbonyl (C=O) groups excluding carboxylic acids is 2. The summed E-state index contributed by atoms with van der Waals surface area (Å²) in [5.74, 6) is -1.87. The van der Waals surface area contributed by atoms with E-state index in [2.05, 4.69) is 10.5 Å². The summed E-state index contributed by atoms with van der Waals surface area (Å²) in [5, 5.41) is 6.55. The molecule has 6 nitrogen and oxygen atoms in total. The topological polar surface area (TPSA) is 81.4 Å². The number of hydrogen-bond acceptors (Lipinski definition) is 5. The van der Waals surface area contributed by atoms with E-state index in [1.54, 1.807) is 0 Å². The summed E-state index contributed by atoms with van der Waals surface area (Å²) < 4.78 is 24.4. The van der Waals surface area contributed by atoms with Gasteiger partial charge >= 0.3 is 5.97 Å². The molecule has 0 bridgehead atoms. The quantitative estimate of drug-likeness (QED) is 0.599. The molecule has 3 aromatic rings. The lowest BCUT2D eigenvalue weighted by atomic mass is 10.1. The molecule has 1 heterocycles. The highest BCUT2D eigenvalue weighted by Crippen LogP contribution is 2.33. The van der Waals surface area contributed by atoms with Gasteiger partial charge < -0.3 is 14.6 Å². The van der Waals surface area contributed by atoms with E-state index in [9.17, 15) is 14.0 Å². The molecule has 2 aromatic carbocycles. The fourth-order valence-corrected chi connectivity index (χ4v) is 3.07. The SMILES string of the molecule is Cc1onc(-c2c(F)cccc2Cl)c1C(=O)OCC(=O)N[C@@H](C)c1ccccc1. The first-order chi connectivity index (χ1) is 13.9. The highest BCUT2D eigenvalue weighted by molar-refractivity contribution is 6.33. The zero-order chi connectivity index (χ0) is 21.0. The van der Waals surface area contributed by atoms with E-state index in [1.807, 2.05) is 37.3 Å². The van der Waals surface area contributed by atoms with E-state index in [4.69, 9.17) is 20.9 Å². The Balaban J connectivity index is 1.70. The lowest BCUT2D eigenvalue weighted by Crippen LogP contribution is -2.31. The first kappa shape index (κ1) is 20.5. The lowest BCUT2D eigenvalue weighted by Gasteiger charge is -2.14. The molecule has 0 aliphatic carbocycles. The van der Waals surface area contributed by atoms with Crippen molar-refractivity contribution < 1.29 is 23.2 Å². The van der Waals surface area contributed by atoms with Crippen molar-refractivity contribution in [3.05, 3.63) is 76.3 Å². The molecule has 1 aromatic heterocycles. The minimum atomic E-state index is -0.861. The first-order valence-corrected chi connectivity index (χ1v) is 9.18. The van der Waals surface area contributed by atoms with Crippen LogP contribution in [0.2, 0.25) is 5.02 Å². The third-order valence-corrected chi connectivity index (χ3v) is 4.59. The molecule has 3 rings (SSSR count). The van der Waals surface area contributed by atoms with E-state index >= 15 is 0 Å². The number of halogens is 2. The molecule has 29 heavy (non-hydrogen) atoms. The van der Waals surface area contributed by atoms with Crippen molar-refractivity contribution >= 4 is 23.5 Å². The molecule has 0 aliphatic rings.